The molecule has 6 heteroatoms. The molecule has 0 aliphatic heterocycles. The van der Waals surface area contributed by atoms with Crippen LogP contribution in [-0.4, -0.2) is 34.9 Å². The Kier molecular flexibility index (Phi) is 3.79. The van der Waals surface area contributed by atoms with Gasteiger partial charge < -0.3 is 10.1 Å². The number of hydrogen-bond acceptors (Lipinski definition) is 5. The van der Waals surface area contributed by atoms with Crippen LogP contribution in [0.5, 0.6) is 0 Å². The molecule has 1 aliphatic carbocycles. The molecule has 3 aromatic heterocycles. The Labute approximate surface area is 139 Å². The molecule has 0 unspecified atom stereocenters. The number of aryl methyl sites for hydroxylation is 2. The molecule has 0 amide bonds. The first-order valence-electron chi connectivity index (χ1n) is 7.97. The lowest BCUT2D eigenvalue weighted by atomic mass is 10.2. The van der Waals surface area contributed by atoms with Crippen molar-refractivity contribution in [2.45, 2.75) is 26.2 Å². The molecule has 0 fully saturated rings. The van der Waals surface area contributed by atoms with E-state index in [1.165, 1.54) is 22.6 Å². The van der Waals surface area contributed by atoms with Crippen LogP contribution in [0.25, 0.3) is 16.1 Å². The van der Waals surface area contributed by atoms with E-state index in [-0.39, 0.29) is 0 Å². The van der Waals surface area contributed by atoms with Gasteiger partial charge >= 0.3 is 0 Å². The van der Waals surface area contributed by atoms with E-state index >= 15 is 0 Å². The molecule has 5 nitrogen and oxygen atoms in total. The van der Waals surface area contributed by atoms with Crippen LogP contribution < -0.4 is 5.32 Å². The fourth-order valence-corrected chi connectivity index (χ4v) is 4.12. The quantitative estimate of drug-likeness (QED) is 0.730. The normalized spacial score (nSPS) is 13.7. The molecule has 4 rings (SSSR count). The molecule has 3 heterocycles. The molecule has 120 valence electrons. The Morgan fingerprint density at radius 3 is 3.09 bits per heavy atom. The van der Waals surface area contributed by atoms with Gasteiger partial charge in [-0.3, -0.25) is 0 Å². The number of thiophene rings is 1. The van der Waals surface area contributed by atoms with Gasteiger partial charge in [0.2, 0.25) is 0 Å². The van der Waals surface area contributed by atoms with E-state index in [0.29, 0.717) is 6.61 Å². The lowest BCUT2D eigenvalue weighted by molar-refractivity contribution is 0.210. The highest BCUT2D eigenvalue weighted by molar-refractivity contribution is 7.13. The number of nitrogens with one attached hydrogen (secondary N) is 1. The van der Waals surface area contributed by atoms with Crippen LogP contribution in [0.1, 0.15) is 23.4 Å². The Hall–Kier alpha value is -1.92. The number of methoxy groups -OCH3 is 1. The first kappa shape index (κ1) is 14.7. The summed E-state index contributed by atoms with van der Waals surface area (Å²) in [5.74, 6) is 1.09. The van der Waals surface area contributed by atoms with E-state index in [0.717, 1.165) is 42.1 Å². The van der Waals surface area contributed by atoms with Crippen LogP contribution in [0.3, 0.4) is 0 Å². The van der Waals surface area contributed by atoms with Gasteiger partial charge in [-0.2, -0.15) is 9.61 Å². The standard InChI is InChI=1S/C17H20N4OS/c1-11-15(14-7-4-10-23-14)17-19-13-6-3-5-12(13)16(21(17)20-11)18-8-9-22-2/h4,7,10,18H,3,5-6,8-9H2,1-2H3. The summed E-state index contributed by atoms with van der Waals surface area (Å²) in [5.41, 5.74) is 5.68. The van der Waals surface area contributed by atoms with Gasteiger partial charge in [0.15, 0.2) is 5.65 Å². The van der Waals surface area contributed by atoms with Gasteiger partial charge in [-0.1, -0.05) is 6.07 Å². The summed E-state index contributed by atoms with van der Waals surface area (Å²) in [4.78, 5) is 6.18. The maximum atomic E-state index is 5.18. The van der Waals surface area contributed by atoms with Gasteiger partial charge in [0.05, 0.1) is 17.9 Å². The topological polar surface area (TPSA) is 51.5 Å². The molecule has 23 heavy (non-hydrogen) atoms. The number of hydrogen-bond donors (Lipinski definition) is 1. The Bertz CT molecular complexity index is 838. The first-order chi connectivity index (χ1) is 11.3. The molecule has 1 aliphatic rings. The zero-order chi connectivity index (χ0) is 15.8. The summed E-state index contributed by atoms with van der Waals surface area (Å²) < 4.78 is 7.17. The monoisotopic (exact) mass is 328 g/mol. The fraction of sp³-hybridized carbons (Fsp3) is 0.412. The van der Waals surface area contributed by atoms with Crippen LogP contribution in [0.2, 0.25) is 0 Å². The minimum atomic E-state index is 0.677. The second-order valence-corrected chi connectivity index (χ2v) is 6.78. The maximum Gasteiger partial charge on any atom is 0.166 e. The van der Waals surface area contributed by atoms with E-state index in [1.54, 1.807) is 18.4 Å². The van der Waals surface area contributed by atoms with E-state index in [9.17, 15) is 0 Å². The van der Waals surface area contributed by atoms with E-state index < -0.39 is 0 Å². The van der Waals surface area contributed by atoms with E-state index in [4.69, 9.17) is 14.8 Å². The third kappa shape index (κ3) is 2.42. The van der Waals surface area contributed by atoms with Gasteiger partial charge in [0.1, 0.15) is 5.82 Å². The Morgan fingerprint density at radius 2 is 2.30 bits per heavy atom. The molecule has 0 bridgehead atoms. The highest BCUT2D eigenvalue weighted by Crippen LogP contribution is 2.35. The lowest BCUT2D eigenvalue weighted by Crippen LogP contribution is -2.14. The summed E-state index contributed by atoms with van der Waals surface area (Å²) in [5, 5.41) is 10.4. The molecule has 0 radical (unpaired) electrons. The van der Waals surface area contributed by atoms with Crippen molar-refractivity contribution in [2.24, 2.45) is 0 Å². The second-order valence-electron chi connectivity index (χ2n) is 5.83. The third-order valence-corrected chi connectivity index (χ3v) is 5.22. The predicted molar refractivity (Wildman–Crippen MR) is 93.4 cm³/mol. The van der Waals surface area contributed by atoms with Crippen LogP contribution in [0.4, 0.5) is 5.82 Å². The molecule has 0 aromatic carbocycles. The molecule has 0 atom stereocenters. The third-order valence-electron chi connectivity index (χ3n) is 4.33. The molecular weight excluding hydrogens is 308 g/mol. The zero-order valence-electron chi connectivity index (χ0n) is 13.4. The SMILES string of the molecule is COCCNc1c2c(nc3c(-c4cccs4)c(C)nn13)CCC2. The second kappa shape index (κ2) is 5.94. The number of nitrogens with zero attached hydrogens (tertiary/aromatic N) is 3. The van der Waals surface area contributed by atoms with Crippen LogP contribution in [-0.2, 0) is 17.6 Å². The maximum absolute atomic E-state index is 5.18. The van der Waals surface area contributed by atoms with Crippen molar-refractivity contribution in [1.29, 1.82) is 0 Å². The summed E-state index contributed by atoms with van der Waals surface area (Å²) in [6.45, 7) is 3.51. The first-order valence-corrected chi connectivity index (χ1v) is 8.85. The van der Waals surface area contributed by atoms with E-state index in [1.807, 2.05) is 4.52 Å². The number of rotatable bonds is 5. The summed E-state index contributed by atoms with van der Waals surface area (Å²) in [7, 11) is 1.72. The molecule has 0 saturated heterocycles. The molecule has 0 spiro atoms. The zero-order valence-corrected chi connectivity index (χ0v) is 14.2. The Morgan fingerprint density at radius 1 is 1.39 bits per heavy atom. The van der Waals surface area contributed by atoms with Crippen LogP contribution in [0, 0.1) is 6.92 Å². The van der Waals surface area contributed by atoms with Crippen molar-refractivity contribution in [3.8, 4) is 10.4 Å². The highest BCUT2D eigenvalue weighted by Gasteiger charge is 2.24. The summed E-state index contributed by atoms with van der Waals surface area (Å²) >= 11 is 1.74. The van der Waals surface area contributed by atoms with E-state index in [2.05, 4.69) is 29.8 Å². The van der Waals surface area contributed by atoms with Gasteiger partial charge in [-0.15, -0.1) is 11.3 Å². The number of anilines is 1. The van der Waals surface area contributed by atoms with Crippen molar-refractivity contribution in [1.82, 2.24) is 14.6 Å². The number of aromatic nitrogens is 3. The number of fused-ring (bicyclic) bond motifs is 2. The van der Waals surface area contributed by atoms with Crippen molar-refractivity contribution in [3.63, 3.8) is 0 Å². The minimum Gasteiger partial charge on any atom is -0.383 e. The average molecular weight is 328 g/mol. The smallest absolute Gasteiger partial charge is 0.166 e. The fourth-order valence-electron chi connectivity index (χ4n) is 3.30. The van der Waals surface area contributed by atoms with Crippen molar-refractivity contribution in [2.75, 3.05) is 25.6 Å². The van der Waals surface area contributed by atoms with Crippen molar-refractivity contribution >= 4 is 22.8 Å². The summed E-state index contributed by atoms with van der Waals surface area (Å²) in [6.07, 6.45) is 3.29. The molecule has 1 N–H and O–H groups in total. The lowest BCUT2D eigenvalue weighted by Gasteiger charge is -2.13. The summed E-state index contributed by atoms with van der Waals surface area (Å²) in [6, 6.07) is 4.22. The van der Waals surface area contributed by atoms with Crippen molar-refractivity contribution in [3.05, 3.63) is 34.5 Å². The largest absolute Gasteiger partial charge is 0.383 e. The van der Waals surface area contributed by atoms with Gasteiger partial charge in [-0.05, 0) is 37.6 Å². The van der Waals surface area contributed by atoms with Crippen molar-refractivity contribution < 1.29 is 4.74 Å². The highest BCUT2D eigenvalue weighted by atomic mass is 32.1. The van der Waals surface area contributed by atoms with Crippen LogP contribution >= 0.6 is 11.3 Å². The van der Waals surface area contributed by atoms with Gasteiger partial charge in [-0.25, -0.2) is 4.98 Å². The average Bonchev–Trinajstić information content (AvgIpc) is 3.25. The molecular formula is C17H20N4OS. The Balaban J connectivity index is 1.91. The molecule has 3 aromatic rings. The van der Waals surface area contributed by atoms with Gasteiger partial charge in [0, 0.05) is 29.8 Å². The predicted octanol–water partition coefficient (Wildman–Crippen LogP) is 3.31. The van der Waals surface area contributed by atoms with Gasteiger partial charge in [0.25, 0.3) is 0 Å². The minimum absolute atomic E-state index is 0.677. The van der Waals surface area contributed by atoms with Crippen LogP contribution in [0.15, 0.2) is 17.5 Å². The molecule has 0 saturated carbocycles. The number of ether oxygens (including phenoxy) is 1.